The summed E-state index contributed by atoms with van der Waals surface area (Å²) in [6, 6.07) is 4.11. The molecule has 84 valence electrons. The van der Waals surface area contributed by atoms with Gasteiger partial charge in [-0.05, 0) is 51.5 Å². The van der Waals surface area contributed by atoms with E-state index in [0.29, 0.717) is 0 Å². The maximum atomic E-state index is 5.63. The normalized spacial score (nSPS) is 12.7. The minimum atomic E-state index is -0.00347. The molecule has 0 saturated carbocycles. The molecule has 1 unspecified atom stereocenters. The second-order valence-corrected chi connectivity index (χ2v) is 5.50. The zero-order chi connectivity index (χ0) is 11.5. The average Bonchev–Trinajstić information content (AvgIpc) is 2.67. The van der Waals surface area contributed by atoms with E-state index in [1.54, 1.807) is 17.5 Å². The number of rotatable bonds is 3. The highest BCUT2D eigenvalue weighted by Gasteiger charge is 2.15. The Hall–Kier alpha value is -0.750. The fourth-order valence-electron chi connectivity index (χ4n) is 1.65. The molecule has 2 aromatic rings. The quantitative estimate of drug-likeness (QED) is 0.677. The first-order valence-electron chi connectivity index (χ1n) is 4.83. The Bertz CT molecular complexity index is 484. The van der Waals surface area contributed by atoms with E-state index in [9.17, 15) is 0 Å². The first-order valence-corrected chi connectivity index (χ1v) is 6.50. The highest BCUT2D eigenvalue weighted by atomic mass is 79.9. The molecule has 3 nitrogen and oxygen atoms in total. The molecule has 0 saturated heterocycles. The van der Waals surface area contributed by atoms with E-state index in [0.717, 1.165) is 10.0 Å². The van der Waals surface area contributed by atoms with Crippen LogP contribution in [0.3, 0.4) is 0 Å². The van der Waals surface area contributed by atoms with Gasteiger partial charge in [0.1, 0.15) is 0 Å². The fourth-order valence-corrected chi connectivity index (χ4v) is 2.77. The van der Waals surface area contributed by atoms with Crippen LogP contribution in [0.4, 0.5) is 0 Å². The van der Waals surface area contributed by atoms with Gasteiger partial charge < -0.3 is 0 Å². The lowest BCUT2D eigenvalue weighted by Gasteiger charge is -2.16. The fraction of sp³-hybridized carbons (Fsp3) is 0.182. The Morgan fingerprint density at radius 1 is 1.50 bits per heavy atom. The minimum absolute atomic E-state index is 0.00347. The molecule has 1 atom stereocenters. The first kappa shape index (κ1) is 11.7. The lowest BCUT2D eigenvalue weighted by molar-refractivity contribution is 0.633. The van der Waals surface area contributed by atoms with Crippen LogP contribution in [0.1, 0.15) is 22.0 Å². The minimum Gasteiger partial charge on any atom is -0.271 e. The number of aromatic nitrogens is 1. The largest absolute Gasteiger partial charge is 0.271 e. The predicted molar refractivity (Wildman–Crippen MR) is 70.2 cm³/mol. The van der Waals surface area contributed by atoms with Crippen molar-refractivity contribution in [2.45, 2.75) is 13.0 Å². The highest BCUT2D eigenvalue weighted by Crippen LogP contribution is 2.28. The molecular weight excluding hydrogens is 286 g/mol. The lowest BCUT2D eigenvalue weighted by Crippen LogP contribution is -2.29. The monoisotopic (exact) mass is 297 g/mol. The Labute approximate surface area is 107 Å². The smallest absolute Gasteiger partial charge is 0.0736 e. The van der Waals surface area contributed by atoms with Crippen molar-refractivity contribution < 1.29 is 0 Å². The molecular formula is C11H12BrN3S. The zero-order valence-electron chi connectivity index (χ0n) is 8.77. The van der Waals surface area contributed by atoms with Crippen LogP contribution >= 0.6 is 27.3 Å². The van der Waals surface area contributed by atoms with Crippen LogP contribution in [-0.2, 0) is 0 Å². The topological polar surface area (TPSA) is 50.9 Å². The molecule has 0 amide bonds. The van der Waals surface area contributed by atoms with Crippen LogP contribution < -0.4 is 11.3 Å². The van der Waals surface area contributed by atoms with E-state index in [1.165, 1.54) is 10.4 Å². The molecule has 0 fully saturated rings. The number of thiophene rings is 1. The third-order valence-electron chi connectivity index (χ3n) is 2.44. The summed E-state index contributed by atoms with van der Waals surface area (Å²) < 4.78 is 0.957. The number of hydrazine groups is 1. The van der Waals surface area contributed by atoms with E-state index in [1.807, 2.05) is 12.3 Å². The second-order valence-electron chi connectivity index (χ2n) is 3.47. The van der Waals surface area contributed by atoms with E-state index in [4.69, 9.17) is 5.84 Å². The number of hydrogen-bond donors (Lipinski definition) is 2. The summed E-state index contributed by atoms with van der Waals surface area (Å²) in [7, 11) is 0. The molecule has 0 bridgehead atoms. The van der Waals surface area contributed by atoms with Crippen LogP contribution in [0.5, 0.6) is 0 Å². The van der Waals surface area contributed by atoms with Crippen molar-refractivity contribution in [2.24, 2.45) is 5.84 Å². The molecule has 0 aliphatic heterocycles. The summed E-state index contributed by atoms with van der Waals surface area (Å²) in [5.41, 5.74) is 5.09. The van der Waals surface area contributed by atoms with Crippen molar-refractivity contribution in [1.29, 1.82) is 0 Å². The average molecular weight is 298 g/mol. The molecule has 0 aliphatic rings. The molecule has 0 radical (unpaired) electrons. The summed E-state index contributed by atoms with van der Waals surface area (Å²) >= 11 is 5.13. The Morgan fingerprint density at radius 2 is 2.31 bits per heavy atom. The number of pyridine rings is 1. The lowest BCUT2D eigenvalue weighted by atomic mass is 10.0. The van der Waals surface area contributed by atoms with Crippen LogP contribution in [-0.4, -0.2) is 4.98 Å². The van der Waals surface area contributed by atoms with Gasteiger partial charge in [0, 0.05) is 21.7 Å². The SMILES string of the molecule is Cc1sccc1C(NN)c1cncc(Br)c1. The van der Waals surface area contributed by atoms with Gasteiger partial charge in [0.2, 0.25) is 0 Å². The molecule has 2 heterocycles. The van der Waals surface area contributed by atoms with Crippen LogP contribution in [0.2, 0.25) is 0 Å². The molecule has 2 rings (SSSR count). The van der Waals surface area contributed by atoms with Gasteiger partial charge in [-0.2, -0.15) is 0 Å². The van der Waals surface area contributed by atoms with E-state index in [2.05, 4.69) is 44.7 Å². The maximum absolute atomic E-state index is 5.63. The van der Waals surface area contributed by atoms with Crippen LogP contribution in [0.15, 0.2) is 34.4 Å². The Kier molecular flexibility index (Phi) is 3.70. The summed E-state index contributed by atoms with van der Waals surface area (Å²) in [6.45, 7) is 2.09. The van der Waals surface area contributed by atoms with Gasteiger partial charge in [-0.15, -0.1) is 11.3 Å². The number of aryl methyl sites for hydroxylation is 1. The third kappa shape index (κ3) is 2.32. The van der Waals surface area contributed by atoms with Crippen molar-refractivity contribution in [3.63, 3.8) is 0 Å². The van der Waals surface area contributed by atoms with Gasteiger partial charge in [0.25, 0.3) is 0 Å². The molecule has 2 aromatic heterocycles. The van der Waals surface area contributed by atoms with Gasteiger partial charge >= 0.3 is 0 Å². The Balaban J connectivity index is 2.40. The van der Waals surface area contributed by atoms with E-state index in [-0.39, 0.29) is 6.04 Å². The molecule has 5 heteroatoms. The van der Waals surface area contributed by atoms with Gasteiger partial charge in [-0.25, -0.2) is 5.43 Å². The molecule has 0 spiro atoms. The second kappa shape index (κ2) is 5.05. The summed E-state index contributed by atoms with van der Waals surface area (Å²) in [6.07, 6.45) is 3.59. The molecule has 16 heavy (non-hydrogen) atoms. The van der Waals surface area contributed by atoms with Crippen LogP contribution in [0, 0.1) is 6.92 Å². The van der Waals surface area contributed by atoms with Crippen LogP contribution in [0.25, 0.3) is 0 Å². The van der Waals surface area contributed by atoms with Crippen molar-refractivity contribution >= 4 is 27.3 Å². The molecule has 0 aromatic carbocycles. The molecule has 0 aliphatic carbocycles. The summed E-state index contributed by atoms with van der Waals surface area (Å²) in [4.78, 5) is 5.42. The van der Waals surface area contributed by atoms with E-state index >= 15 is 0 Å². The highest BCUT2D eigenvalue weighted by molar-refractivity contribution is 9.10. The number of hydrogen-bond acceptors (Lipinski definition) is 4. The third-order valence-corrected chi connectivity index (χ3v) is 3.73. The number of nitrogens with one attached hydrogen (secondary N) is 1. The number of nitrogens with two attached hydrogens (primary N) is 1. The van der Waals surface area contributed by atoms with Gasteiger partial charge in [-0.1, -0.05) is 0 Å². The Morgan fingerprint density at radius 3 is 2.88 bits per heavy atom. The van der Waals surface area contributed by atoms with Gasteiger partial charge in [-0.3, -0.25) is 10.8 Å². The summed E-state index contributed by atoms with van der Waals surface area (Å²) in [5, 5.41) is 2.07. The number of halogens is 1. The zero-order valence-corrected chi connectivity index (χ0v) is 11.2. The number of nitrogens with zero attached hydrogens (tertiary/aromatic N) is 1. The molecule has 3 N–H and O–H groups in total. The van der Waals surface area contributed by atoms with Crippen molar-refractivity contribution in [3.05, 3.63) is 50.4 Å². The maximum Gasteiger partial charge on any atom is 0.0736 e. The van der Waals surface area contributed by atoms with Crippen molar-refractivity contribution in [1.82, 2.24) is 10.4 Å². The van der Waals surface area contributed by atoms with Gasteiger partial charge in [0.15, 0.2) is 0 Å². The predicted octanol–water partition coefficient (Wildman–Crippen LogP) is 2.77. The first-order chi connectivity index (χ1) is 7.72. The standard InChI is InChI=1S/C11H12BrN3S/c1-7-10(2-3-16-7)11(15-13)8-4-9(12)6-14-5-8/h2-6,11,15H,13H2,1H3. The summed E-state index contributed by atoms with van der Waals surface area (Å²) in [5.74, 6) is 5.63. The van der Waals surface area contributed by atoms with Gasteiger partial charge in [0.05, 0.1) is 6.04 Å². The van der Waals surface area contributed by atoms with Crippen molar-refractivity contribution in [3.8, 4) is 0 Å². The van der Waals surface area contributed by atoms with E-state index < -0.39 is 0 Å². The van der Waals surface area contributed by atoms with Crippen molar-refractivity contribution in [2.75, 3.05) is 0 Å².